The Hall–Kier alpha value is -2.40. The monoisotopic (exact) mass is 398 g/mol. The first-order valence-corrected chi connectivity index (χ1v) is 9.39. The maximum atomic E-state index is 12.5. The molecule has 0 bridgehead atoms. The number of amides is 1. The van der Waals surface area contributed by atoms with Crippen molar-refractivity contribution in [2.24, 2.45) is 0 Å². The summed E-state index contributed by atoms with van der Waals surface area (Å²) in [5.41, 5.74) is 4.20. The molecule has 128 valence electrons. The summed E-state index contributed by atoms with van der Waals surface area (Å²) in [6.45, 7) is 0. The molecule has 3 aromatic carbocycles. The predicted molar refractivity (Wildman–Crippen MR) is 109 cm³/mol. The van der Waals surface area contributed by atoms with Gasteiger partial charge in [-0.15, -0.1) is 11.3 Å². The lowest BCUT2D eigenvalue weighted by atomic mass is 10.0. The largest absolute Gasteiger partial charge is 0.322 e. The summed E-state index contributed by atoms with van der Waals surface area (Å²) in [5.74, 6) is -0.164. The Kier molecular flexibility index (Phi) is 4.64. The molecule has 4 aromatic rings. The van der Waals surface area contributed by atoms with Crippen molar-refractivity contribution in [3.63, 3.8) is 0 Å². The summed E-state index contributed by atoms with van der Waals surface area (Å²) in [6, 6.07) is 20.6. The van der Waals surface area contributed by atoms with E-state index >= 15 is 0 Å². The third kappa shape index (κ3) is 3.58. The number of fused-ring (bicyclic) bond motifs is 1. The number of rotatable bonds is 3. The summed E-state index contributed by atoms with van der Waals surface area (Å²) >= 11 is 13.2. The molecule has 3 nitrogen and oxygen atoms in total. The van der Waals surface area contributed by atoms with Gasteiger partial charge in [0.1, 0.15) is 0 Å². The van der Waals surface area contributed by atoms with Gasteiger partial charge in [-0.2, -0.15) is 0 Å². The molecule has 0 radical (unpaired) electrons. The van der Waals surface area contributed by atoms with Crippen LogP contribution in [0, 0.1) is 0 Å². The molecule has 0 aliphatic rings. The van der Waals surface area contributed by atoms with Crippen LogP contribution in [0.5, 0.6) is 0 Å². The fourth-order valence-corrected chi connectivity index (χ4v) is 3.83. The molecule has 1 heterocycles. The highest BCUT2D eigenvalue weighted by Gasteiger charge is 2.09. The molecule has 1 amide bonds. The molecule has 4 rings (SSSR count). The van der Waals surface area contributed by atoms with E-state index in [0.717, 1.165) is 21.3 Å². The summed E-state index contributed by atoms with van der Waals surface area (Å²) in [5, 5.41) is 3.60. The van der Waals surface area contributed by atoms with Gasteiger partial charge in [0.2, 0.25) is 0 Å². The minimum Gasteiger partial charge on any atom is -0.322 e. The van der Waals surface area contributed by atoms with E-state index < -0.39 is 0 Å². The van der Waals surface area contributed by atoms with Crippen LogP contribution in [0.4, 0.5) is 5.69 Å². The third-order valence-electron chi connectivity index (χ3n) is 3.94. The van der Waals surface area contributed by atoms with Gasteiger partial charge >= 0.3 is 0 Å². The molecule has 0 aliphatic heterocycles. The Balaban J connectivity index is 1.52. The van der Waals surface area contributed by atoms with Crippen LogP contribution >= 0.6 is 34.5 Å². The number of halogens is 2. The van der Waals surface area contributed by atoms with Crippen molar-refractivity contribution in [2.75, 3.05) is 5.32 Å². The van der Waals surface area contributed by atoms with Crippen LogP contribution in [0.25, 0.3) is 21.3 Å². The Morgan fingerprint density at radius 3 is 2.23 bits per heavy atom. The van der Waals surface area contributed by atoms with Gasteiger partial charge in [-0.25, -0.2) is 4.98 Å². The number of hydrogen-bond donors (Lipinski definition) is 1. The molecule has 1 aromatic heterocycles. The minimum absolute atomic E-state index is 0.164. The number of nitrogens with zero attached hydrogens (tertiary/aromatic N) is 1. The van der Waals surface area contributed by atoms with Gasteiger partial charge in [0.05, 0.1) is 10.2 Å². The standard InChI is InChI=1S/C20H12Cl2N2OS/c21-15-7-5-13(6-8-15)12-1-3-14(4-2-12)19(25)23-16-9-10-17-18(11-16)26-20(22)24-17/h1-11H,(H,23,25). The van der Waals surface area contributed by atoms with Crippen molar-refractivity contribution in [3.8, 4) is 11.1 Å². The number of anilines is 1. The van der Waals surface area contributed by atoms with Crippen molar-refractivity contribution in [1.29, 1.82) is 0 Å². The van der Waals surface area contributed by atoms with E-state index in [4.69, 9.17) is 23.2 Å². The Morgan fingerprint density at radius 1 is 0.885 bits per heavy atom. The van der Waals surface area contributed by atoms with E-state index in [1.165, 1.54) is 11.3 Å². The first-order chi connectivity index (χ1) is 12.6. The lowest BCUT2D eigenvalue weighted by Crippen LogP contribution is -2.11. The summed E-state index contributed by atoms with van der Waals surface area (Å²) < 4.78 is 1.42. The molecule has 0 aliphatic carbocycles. The summed E-state index contributed by atoms with van der Waals surface area (Å²) in [4.78, 5) is 16.7. The van der Waals surface area contributed by atoms with E-state index in [9.17, 15) is 4.79 Å². The zero-order valence-electron chi connectivity index (χ0n) is 13.4. The molecular weight excluding hydrogens is 387 g/mol. The maximum absolute atomic E-state index is 12.5. The van der Waals surface area contributed by atoms with Gasteiger partial charge in [0.25, 0.3) is 5.91 Å². The van der Waals surface area contributed by atoms with Gasteiger partial charge in [0.15, 0.2) is 4.47 Å². The molecule has 0 unspecified atom stereocenters. The van der Waals surface area contributed by atoms with Crippen LogP contribution < -0.4 is 5.32 Å². The first-order valence-electron chi connectivity index (χ1n) is 7.82. The number of thiazole rings is 1. The second kappa shape index (κ2) is 7.08. The highest BCUT2D eigenvalue weighted by Crippen LogP contribution is 2.28. The SMILES string of the molecule is O=C(Nc1ccc2nc(Cl)sc2c1)c1ccc(-c2ccc(Cl)cc2)cc1. The number of hydrogen-bond acceptors (Lipinski definition) is 3. The average molecular weight is 399 g/mol. The molecule has 0 spiro atoms. The van der Waals surface area contributed by atoms with E-state index in [-0.39, 0.29) is 5.91 Å². The van der Waals surface area contributed by atoms with E-state index in [1.807, 2.05) is 54.6 Å². The number of carbonyl (C=O) groups excluding carboxylic acids is 1. The van der Waals surface area contributed by atoms with Crippen LogP contribution in [0.1, 0.15) is 10.4 Å². The molecule has 1 N–H and O–H groups in total. The minimum atomic E-state index is -0.164. The highest BCUT2D eigenvalue weighted by molar-refractivity contribution is 7.22. The summed E-state index contributed by atoms with van der Waals surface area (Å²) in [6.07, 6.45) is 0. The lowest BCUT2D eigenvalue weighted by Gasteiger charge is -2.07. The molecule has 26 heavy (non-hydrogen) atoms. The smallest absolute Gasteiger partial charge is 0.255 e. The molecule has 0 fully saturated rings. The number of benzene rings is 3. The second-order valence-electron chi connectivity index (χ2n) is 5.69. The maximum Gasteiger partial charge on any atom is 0.255 e. The van der Waals surface area contributed by atoms with Crippen LogP contribution in [-0.4, -0.2) is 10.9 Å². The first kappa shape index (κ1) is 17.0. The van der Waals surface area contributed by atoms with Crippen molar-refractivity contribution in [3.05, 3.63) is 81.8 Å². The molecule has 0 atom stereocenters. The van der Waals surface area contributed by atoms with Crippen LogP contribution in [0.15, 0.2) is 66.7 Å². The van der Waals surface area contributed by atoms with E-state index in [2.05, 4.69) is 10.3 Å². The van der Waals surface area contributed by atoms with Crippen molar-refractivity contribution in [2.45, 2.75) is 0 Å². The van der Waals surface area contributed by atoms with E-state index in [1.54, 1.807) is 12.1 Å². The Morgan fingerprint density at radius 2 is 1.54 bits per heavy atom. The molecular formula is C20H12Cl2N2OS. The molecule has 0 saturated heterocycles. The van der Waals surface area contributed by atoms with Crippen LogP contribution in [-0.2, 0) is 0 Å². The normalized spacial score (nSPS) is 10.8. The Labute approximate surface area is 164 Å². The van der Waals surface area contributed by atoms with Gasteiger partial charge in [-0.05, 0) is 53.6 Å². The molecule has 6 heteroatoms. The van der Waals surface area contributed by atoms with Crippen molar-refractivity contribution in [1.82, 2.24) is 4.98 Å². The van der Waals surface area contributed by atoms with Crippen molar-refractivity contribution >= 4 is 56.3 Å². The fraction of sp³-hybridized carbons (Fsp3) is 0. The van der Waals surface area contributed by atoms with Crippen LogP contribution in [0.2, 0.25) is 9.49 Å². The quantitative estimate of drug-likeness (QED) is 0.426. The second-order valence-corrected chi connectivity index (χ2v) is 7.74. The van der Waals surface area contributed by atoms with Gasteiger partial charge in [-0.3, -0.25) is 4.79 Å². The predicted octanol–water partition coefficient (Wildman–Crippen LogP) is 6.52. The van der Waals surface area contributed by atoms with Gasteiger partial charge in [-0.1, -0.05) is 47.5 Å². The fourth-order valence-electron chi connectivity index (χ4n) is 2.63. The average Bonchev–Trinajstić information content (AvgIpc) is 3.02. The van der Waals surface area contributed by atoms with Crippen molar-refractivity contribution < 1.29 is 4.79 Å². The zero-order chi connectivity index (χ0) is 18.1. The Bertz CT molecular complexity index is 1090. The zero-order valence-corrected chi connectivity index (χ0v) is 15.7. The number of nitrogens with one attached hydrogen (secondary N) is 1. The third-order valence-corrected chi connectivity index (χ3v) is 5.32. The highest BCUT2D eigenvalue weighted by atomic mass is 35.5. The van der Waals surface area contributed by atoms with E-state index in [0.29, 0.717) is 20.7 Å². The lowest BCUT2D eigenvalue weighted by molar-refractivity contribution is 0.102. The topological polar surface area (TPSA) is 42.0 Å². The van der Waals surface area contributed by atoms with Gasteiger partial charge < -0.3 is 5.32 Å². The summed E-state index contributed by atoms with van der Waals surface area (Å²) in [7, 11) is 0. The van der Waals surface area contributed by atoms with Crippen LogP contribution in [0.3, 0.4) is 0 Å². The number of carbonyl (C=O) groups is 1. The molecule has 0 saturated carbocycles. The van der Waals surface area contributed by atoms with Gasteiger partial charge in [0, 0.05) is 16.3 Å². The number of aromatic nitrogens is 1.